The maximum Gasteiger partial charge on any atom is 0.225 e. The van der Waals surface area contributed by atoms with Gasteiger partial charge < -0.3 is 10.6 Å². The number of piperidine rings is 1. The van der Waals surface area contributed by atoms with Crippen LogP contribution >= 0.6 is 0 Å². The highest BCUT2D eigenvalue weighted by Gasteiger charge is 2.20. The van der Waals surface area contributed by atoms with Gasteiger partial charge in [0.05, 0.1) is 0 Å². The minimum Gasteiger partial charge on any atom is -0.370 e. The van der Waals surface area contributed by atoms with Crippen molar-refractivity contribution in [3.63, 3.8) is 0 Å². The van der Waals surface area contributed by atoms with E-state index < -0.39 is 0 Å². The van der Waals surface area contributed by atoms with Gasteiger partial charge in [-0.25, -0.2) is 4.98 Å². The SMILES string of the molecule is CCCNc1cc(C)nc(NC2CCN(Cc3ccccc3)CC2)n1. The highest BCUT2D eigenvalue weighted by Crippen LogP contribution is 2.18. The Bertz CT molecular complexity index is 650. The molecule has 3 rings (SSSR count). The molecule has 0 saturated carbocycles. The molecule has 2 N–H and O–H groups in total. The number of benzene rings is 1. The molecule has 134 valence electrons. The number of nitrogens with zero attached hydrogens (tertiary/aromatic N) is 3. The fraction of sp³-hybridized carbons (Fsp3) is 0.500. The van der Waals surface area contributed by atoms with E-state index >= 15 is 0 Å². The van der Waals surface area contributed by atoms with Crippen LogP contribution in [0.5, 0.6) is 0 Å². The van der Waals surface area contributed by atoms with Gasteiger partial charge in [-0.1, -0.05) is 37.3 Å². The highest BCUT2D eigenvalue weighted by molar-refractivity contribution is 5.42. The predicted molar refractivity (Wildman–Crippen MR) is 104 cm³/mol. The smallest absolute Gasteiger partial charge is 0.225 e. The summed E-state index contributed by atoms with van der Waals surface area (Å²) in [7, 11) is 0. The molecule has 0 amide bonds. The normalized spacial score (nSPS) is 15.9. The molecule has 1 aromatic heterocycles. The topological polar surface area (TPSA) is 53.1 Å². The molecular formula is C20H29N5. The first-order chi connectivity index (χ1) is 12.2. The summed E-state index contributed by atoms with van der Waals surface area (Å²) in [5.74, 6) is 1.67. The van der Waals surface area contributed by atoms with Gasteiger partial charge in [0.15, 0.2) is 0 Å². The number of nitrogens with one attached hydrogen (secondary N) is 2. The molecule has 1 aromatic carbocycles. The van der Waals surface area contributed by atoms with Crippen molar-refractivity contribution in [3.8, 4) is 0 Å². The molecule has 0 bridgehead atoms. The van der Waals surface area contributed by atoms with Crippen molar-refractivity contribution in [2.24, 2.45) is 0 Å². The van der Waals surface area contributed by atoms with Gasteiger partial charge in [-0.05, 0) is 31.7 Å². The van der Waals surface area contributed by atoms with Crippen LogP contribution in [0.15, 0.2) is 36.4 Å². The minimum atomic E-state index is 0.452. The Hall–Kier alpha value is -2.14. The van der Waals surface area contributed by atoms with Crippen molar-refractivity contribution in [1.29, 1.82) is 0 Å². The summed E-state index contributed by atoms with van der Waals surface area (Å²) in [4.78, 5) is 11.7. The summed E-state index contributed by atoms with van der Waals surface area (Å²) in [6.07, 6.45) is 3.34. The molecule has 2 aromatic rings. The van der Waals surface area contributed by atoms with E-state index in [2.05, 4.69) is 62.8 Å². The molecule has 1 fully saturated rings. The van der Waals surface area contributed by atoms with Gasteiger partial charge in [-0.15, -0.1) is 0 Å². The van der Waals surface area contributed by atoms with Crippen molar-refractivity contribution in [1.82, 2.24) is 14.9 Å². The second-order valence-electron chi connectivity index (χ2n) is 6.83. The second-order valence-corrected chi connectivity index (χ2v) is 6.83. The van der Waals surface area contributed by atoms with Crippen LogP contribution in [-0.4, -0.2) is 40.5 Å². The lowest BCUT2D eigenvalue weighted by Gasteiger charge is -2.32. The second kappa shape index (κ2) is 8.81. The Kier molecular flexibility index (Phi) is 6.23. The van der Waals surface area contributed by atoms with E-state index in [1.807, 2.05) is 13.0 Å². The Labute approximate surface area is 150 Å². The van der Waals surface area contributed by atoms with Crippen LogP contribution in [-0.2, 0) is 6.54 Å². The first kappa shape index (κ1) is 17.7. The summed E-state index contributed by atoms with van der Waals surface area (Å²) in [5.41, 5.74) is 2.39. The molecule has 0 unspecified atom stereocenters. The van der Waals surface area contributed by atoms with Crippen LogP contribution in [0, 0.1) is 6.92 Å². The van der Waals surface area contributed by atoms with E-state index in [0.717, 1.165) is 62.9 Å². The number of aromatic nitrogens is 2. The molecule has 1 aliphatic heterocycles. The van der Waals surface area contributed by atoms with Crippen LogP contribution < -0.4 is 10.6 Å². The van der Waals surface area contributed by atoms with Crippen LogP contribution in [0.1, 0.15) is 37.4 Å². The van der Waals surface area contributed by atoms with Gasteiger partial charge >= 0.3 is 0 Å². The molecule has 5 heteroatoms. The van der Waals surface area contributed by atoms with E-state index in [1.165, 1.54) is 5.56 Å². The number of hydrogen-bond acceptors (Lipinski definition) is 5. The maximum atomic E-state index is 4.61. The molecule has 1 saturated heterocycles. The molecule has 5 nitrogen and oxygen atoms in total. The lowest BCUT2D eigenvalue weighted by molar-refractivity contribution is 0.211. The first-order valence-corrected chi connectivity index (χ1v) is 9.35. The largest absolute Gasteiger partial charge is 0.370 e. The van der Waals surface area contributed by atoms with Gasteiger partial charge in [-0.2, -0.15) is 4.98 Å². The fourth-order valence-electron chi connectivity index (χ4n) is 3.24. The number of hydrogen-bond donors (Lipinski definition) is 2. The van der Waals surface area contributed by atoms with Crippen LogP contribution in [0.4, 0.5) is 11.8 Å². The molecular weight excluding hydrogens is 310 g/mol. The molecule has 2 heterocycles. The number of anilines is 2. The van der Waals surface area contributed by atoms with E-state index in [-0.39, 0.29) is 0 Å². The van der Waals surface area contributed by atoms with E-state index in [0.29, 0.717) is 6.04 Å². The van der Waals surface area contributed by atoms with Crippen molar-refractivity contribution in [2.75, 3.05) is 30.3 Å². The zero-order chi connectivity index (χ0) is 17.5. The number of aryl methyl sites for hydroxylation is 1. The van der Waals surface area contributed by atoms with Crippen molar-refractivity contribution >= 4 is 11.8 Å². The van der Waals surface area contributed by atoms with E-state index in [9.17, 15) is 0 Å². The van der Waals surface area contributed by atoms with Gasteiger partial charge in [-0.3, -0.25) is 4.90 Å². The Morgan fingerprint density at radius 2 is 1.88 bits per heavy atom. The quantitative estimate of drug-likeness (QED) is 0.806. The lowest BCUT2D eigenvalue weighted by Crippen LogP contribution is -2.39. The summed E-state index contributed by atoms with van der Waals surface area (Å²) in [6, 6.07) is 13.2. The van der Waals surface area contributed by atoms with Crippen LogP contribution in [0.25, 0.3) is 0 Å². The zero-order valence-corrected chi connectivity index (χ0v) is 15.3. The van der Waals surface area contributed by atoms with Crippen LogP contribution in [0.3, 0.4) is 0 Å². The summed E-state index contributed by atoms with van der Waals surface area (Å²) in [5, 5.41) is 6.88. The van der Waals surface area contributed by atoms with Crippen LogP contribution in [0.2, 0.25) is 0 Å². The molecule has 0 atom stereocenters. The van der Waals surface area contributed by atoms with Crippen molar-refractivity contribution in [2.45, 2.75) is 45.7 Å². The van der Waals surface area contributed by atoms with Gasteiger partial charge in [0.2, 0.25) is 5.95 Å². The third kappa shape index (κ3) is 5.43. The Balaban J connectivity index is 1.51. The Morgan fingerprint density at radius 3 is 2.60 bits per heavy atom. The van der Waals surface area contributed by atoms with E-state index in [1.54, 1.807) is 0 Å². The molecule has 0 spiro atoms. The first-order valence-electron chi connectivity index (χ1n) is 9.35. The molecule has 25 heavy (non-hydrogen) atoms. The third-order valence-corrected chi connectivity index (χ3v) is 4.58. The molecule has 1 aliphatic rings. The van der Waals surface area contributed by atoms with Crippen molar-refractivity contribution in [3.05, 3.63) is 47.7 Å². The average molecular weight is 339 g/mol. The third-order valence-electron chi connectivity index (χ3n) is 4.58. The average Bonchev–Trinajstić information content (AvgIpc) is 2.62. The summed E-state index contributed by atoms with van der Waals surface area (Å²) in [6.45, 7) is 8.38. The number of rotatable bonds is 7. The predicted octanol–water partition coefficient (Wildman–Crippen LogP) is 3.68. The summed E-state index contributed by atoms with van der Waals surface area (Å²) < 4.78 is 0. The summed E-state index contributed by atoms with van der Waals surface area (Å²) >= 11 is 0. The standard InChI is InChI=1S/C20H29N5/c1-3-11-21-19-14-16(2)22-20(24-19)23-18-9-12-25(13-10-18)15-17-7-5-4-6-8-17/h4-8,14,18H,3,9-13,15H2,1-2H3,(H2,21,22,23,24). The monoisotopic (exact) mass is 339 g/mol. The number of likely N-dealkylation sites (tertiary alicyclic amines) is 1. The lowest BCUT2D eigenvalue weighted by atomic mass is 10.0. The highest BCUT2D eigenvalue weighted by atomic mass is 15.2. The fourth-order valence-corrected chi connectivity index (χ4v) is 3.24. The molecule has 0 aliphatic carbocycles. The maximum absolute atomic E-state index is 4.61. The van der Waals surface area contributed by atoms with Gasteiger partial charge in [0.1, 0.15) is 5.82 Å². The van der Waals surface area contributed by atoms with Gasteiger partial charge in [0.25, 0.3) is 0 Å². The minimum absolute atomic E-state index is 0.452. The zero-order valence-electron chi connectivity index (χ0n) is 15.3. The van der Waals surface area contributed by atoms with E-state index in [4.69, 9.17) is 0 Å². The Morgan fingerprint density at radius 1 is 1.12 bits per heavy atom. The van der Waals surface area contributed by atoms with Crippen molar-refractivity contribution < 1.29 is 0 Å². The van der Waals surface area contributed by atoms with Gasteiger partial charge in [0, 0.05) is 44.0 Å². The molecule has 0 radical (unpaired) electrons.